The first kappa shape index (κ1) is 23.4. The number of anilines is 1. The van der Waals surface area contributed by atoms with Crippen LogP contribution in [0, 0.1) is 18.7 Å². The predicted molar refractivity (Wildman–Crippen MR) is 130 cm³/mol. The first-order valence-corrected chi connectivity index (χ1v) is 12.3. The van der Waals surface area contributed by atoms with Gasteiger partial charge in [0.2, 0.25) is 5.91 Å². The molecule has 176 valence electrons. The first-order chi connectivity index (χ1) is 15.8. The van der Waals surface area contributed by atoms with Crippen LogP contribution in [0.2, 0.25) is 0 Å². The number of thioether (sulfide) groups is 1. The summed E-state index contributed by atoms with van der Waals surface area (Å²) in [4.78, 5) is 37.5. The number of fused-ring (bicyclic) bond motifs is 1. The molecule has 2 aromatic heterocycles. The van der Waals surface area contributed by atoms with Gasteiger partial charge in [-0.3, -0.25) is 14.2 Å². The number of carbonyl (C=O) groups excluding carboxylic acids is 1. The molecule has 3 aromatic rings. The Morgan fingerprint density at radius 3 is 2.64 bits per heavy atom. The maximum Gasteiger partial charge on any atom is 0.278 e. The van der Waals surface area contributed by atoms with Crippen molar-refractivity contribution < 1.29 is 9.18 Å². The number of halogens is 1. The zero-order valence-corrected chi connectivity index (χ0v) is 20.1. The normalized spacial score (nSPS) is 14.5. The fourth-order valence-electron chi connectivity index (χ4n) is 4.03. The van der Waals surface area contributed by atoms with Crippen molar-refractivity contribution in [3.8, 4) is 0 Å². The summed E-state index contributed by atoms with van der Waals surface area (Å²) < 4.78 is 15.8. The van der Waals surface area contributed by atoms with E-state index in [1.54, 1.807) is 21.6 Å². The number of nitrogens with zero attached hydrogens (tertiary/aromatic N) is 4. The van der Waals surface area contributed by atoms with Gasteiger partial charge in [0.1, 0.15) is 11.3 Å². The summed E-state index contributed by atoms with van der Waals surface area (Å²) in [7, 11) is 0. The third-order valence-corrected chi connectivity index (χ3v) is 6.88. The minimum absolute atomic E-state index is 0.00295. The third kappa shape index (κ3) is 5.24. The molecule has 0 saturated carbocycles. The van der Waals surface area contributed by atoms with E-state index in [0.29, 0.717) is 60.5 Å². The van der Waals surface area contributed by atoms with Gasteiger partial charge in [0.15, 0.2) is 5.16 Å². The molecule has 9 heteroatoms. The number of hydrogen-bond donors (Lipinski definition) is 1. The number of para-hydroxylation sites is 1. The molecular weight excluding hydrogens is 441 g/mol. The number of aryl methyl sites for hydroxylation is 1. The minimum Gasteiger partial charge on any atom is -0.366 e. The second-order valence-electron chi connectivity index (χ2n) is 8.85. The topological polar surface area (TPSA) is 74.2 Å². The molecule has 33 heavy (non-hydrogen) atoms. The Morgan fingerprint density at radius 1 is 1.21 bits per heavy atom. The smallest absolute Gasteiger partial charge is 0.278 e. The summed E-state index contributed by atoms with van der Waals surface area (Å²) in [5.74, 6) is 0.419. The van der Waals surface area contributed by atoms with Gasteiger partial charge < -0.3 is 14.8 Å². The molecule has 0 unspecified atom stereocenters. The highest BCUT2D eigenvalue weighted by molar-refractivity contribution is 7.99. The van der Waals surface area contributed by atoms with Crippen LogP contribution in [0.4, 0.5) is 10.1 Å². The van der Waals surface area contributed by atoms with E-state index >= 15 is 0 Å². The highest BCUT2D eigenvalue weighted by Crippen LogP contribution is 2.22. The van der Waals surface area contributed by atoms with Crippen LogP contribution in [0.1, 0.15) is 26.0 Å². The molecule has 0 spiro atoms. The van der Waals surface area contributed by atoms with Gasteiger partial charge in [-0.25, -0.2) is 9.37 Å². The Balaban J connectivity index is 1.43. The van der Waals surface area contributed by atoms with E-state index < -0.39 is 0 Å². The standard InChI is InChI=1S/C24H30FN5O2S/c1-16(2)8-9-30-23(32)22-19(14-17(3)26-22)27-24(30)33-15-21(31)29-12-10-28(11-13-29)20-7-5-4-6-18(20)25/h4-7,14,16,26H,8-13,15H2,1-3H3. The van der Waals surface area contributed by atoms with Gasteiger partial charge in [0, 0.05) is 38.4 Å². The molecule has 0 atom stereocenters. The largest absolute Gasteiger partial charge is 0.366 e. The Morgan fingerprint density at radius 2 is 1.94 bits per heavy atom. The third-order valence-electron chi connectivity index (χ3n) is 5.92. The number of carbonyl (C=O) groups is 1. The highest BCUT2D eigenvalue weighted by Gasteiger charge is 2.23. The van der Waals surface area contributed by atoms with Crippen molar-refractivity contribution in [3.05, 3.63) is 52.2 Å². The highest BCUT2D eigenvalue weighted by atomic mass is 32.2. The van der Waals surface area contributed by atoms with Crippen molar-refractivity contribution in [1.29, 1.82) is 0 Å². The van der Waals surface area contributed by atoms with Crippen molar-refractivity contribution >= 4 is 34.4 Å². The maximum atomic E-state index is 14.1. The van der Waals surface area contributed by atoms with Crippen LogP contribution in [0.3, 0.4) is 0 Å². The molecule has 0 aliphatic carbocycles. The fourth-order valence-corrected chi connectivity index (χ4v) is 4.96. The molecule has 0 radical (unpaired) electrons. The number of piperazine rings is 1. The SMILES string of the molecule is Cc1cc2nc(SCC(=O)N3CCN(c4ccccc4F)CC3)n(CCC(C)C)c(=O)c2[nH]1. The van der Waals surface area contributed by atoms with Crippen LogP contribution in [-0.2, 0) is 11.3 Å². The van der Waals surface area contributed by atoms with E-state index in [4.69, 9.17) is 0 Å². The van der Waals surface area contributed by atoms with Crippen molar-refractivity contribution in [3.63, 3.8) is 0 Å². The number of H-pyrrole nitrogens is 1. The summed E-state index contributed by atoms with van der Waals surface area (Å²) in [5.41, 5.74) is 2.51. The Hall–Kier alpha value is -2.81. The summed E-state index contributed by atoms with van der Waals surface area (Å²) in [6.45, 7) is 8.95. The van der Waals surface area contributed by atoms with E-state index in [2.05, 4.69) is 23.8 Å². The monoisotopic (exact) mass is 471 g/mol. The summed E-state index contributed by atoms with van der Waals surface area (Å²) in [6, 6.07) is 8.58. The van der Waals surface area contributed by atoms with Gasteiger partial charge in [-0.15, -0.1) is 0 Å². The number of aromatic amines is 1. The van der Waals surface area contributed by atoms with Crippen molar-refractivity contribution in [1.82, 2.24) is 19.4 Å². The lowest BCUT2D eigenvalue weighted by molar-refractivity contribution is -0.128. The molecule has 1 aromatic carbocycles. The second kappa shape index (κ2) is 9.99. The van der Waals surface area contributed by atoms with Crippen LogP contribution < -0.4 is 10.5 Å². The fraction of sp³-hybridized carbons (Fsp3) is 0.458. The van der Waals surface area contributed by atoms with Crippen LogP contribution in [0.5, 0.6) is 0 Å². The van der Waals surface area contributed by atoms with Crippen molar-refractivity contribution in [2.75, 3.05) is 36.8 Å². The number of nitrogens with one attached hydrogen (secondary N) is 1. The molecule has 3 heterocycles. The van der Waals surface area contributed by atoms with Gasteiger partial charge in [0.25, 0.3) is 5.56 Å². The lowest BCUT2D eigenvalue weighted by atomic mass is 10.1. The van der Waals surface area contributed by atoms with Crippen LogP contribution >= 0.6 is 11.8 Å². The van der Waals surface area contributed by atoms with Gasteiger partial charge in [-0.1, -0.05) is 37.7 Å². The molecule has 7 nitrogen and oxygen atoms in total. The van der Waals surface area contributed by atoms with Gasteiger partial charge in [-0.2, -0.15) is 0 Å². The molecule has 1 saturated heterocycles. The molecular formula is C24H30FN5O2S. The van der Waals surface area contributed by atoms with Gasteiger partial charge in [-0.05, 0) is 37.5 Å². The summed E-state index contributed by atoms with van der Waals surface area (Å²) in [5, 5.41) is 0.575. The van der Waals surface area contributed by atoms with Crippen LogP contribution in [0.25, 0.3) is 11.0 Å². The number of rotatable bonds is 7. The molecule has 4 rings (SSSR count). The van der Waals surface area contributed by atoms with Gasteiger partial charge >= 0.3 is 0 Å². The van der Waals surface area contributed by atoms with Crippen LogP contribution in [0.15, 0.2) is 40.3 Å². The molecule has 1 fully saturated rings. The van der Waals surface area contributed by atoms with E-state index in [1.165, 1.54) is 17.8 Å². The van der Waals surface area contributed by atoms with E-state index in [0.717, 1.165) is 12.1 Å². The average Bonchev–Trinajstić information content (AvgIpc) is 3.18. The summed E-state index contributed by atoms with van der Waals surface area (Å²) >= 11 is 1.31. The predicted octanol–water partition coefficient (Wildman–Crippen LogP) is 3.66. The molecule has 1 N–H and O–H groups in total. The molecule has 1 aliphatic heterocycles. The Labute approximate surface area is 197 Å². The zero-order chi connectivity index (χ0) is 23.5. The Bertz CT molecular complexity index is 1200. The second-order valence-corrected chi connectivity index (χ2v) is 9.80. The number of hydrogen-bond acceptors (Lipinski definition) is 5. The quantitative estimate of drug-likeness (QED) is 0.421. The summed E-state index contributed by atoms with van der Waals surface area (Å²) in [6.07, 6.45) is 0.853. The molecule has 1 amide bonds. The number of amides is 1. The van der Waals surface area contributed by atoms with Gasteiger partial charge in [0.05, 0.1) is 17.0 Å². The number of benzene rings is 1. The van der Waals surface area contributed by atoms with Crippen molar-refractivity contribution in [2.24, 2.45) is 5.92 Å². The maximum absolute atomic E-state index is 14.1. The Kier molecular flexibility index (Phi) is 7.07. The molecule has 1 aliphatic rings. The zero-order valence-electron chi connectivity index (χ0n) is 19.3. The molecule has 0 bridgehead atoms. The minimum atomic E-state index is -0.242. The first-order valence-electron chi connectivity index (χ1n) is 11.3. The lowest BCUT2D eigenvalue weighted by Crippen LogP contribution is -2.49. The number of aromatic nitrogens is 3. The lowest BCUT2D eigenvalue weighted by Gasteiger charge is -2.36. The van der Waals surface area contributed by atoms with E-state index in [1.807, 2.05) is 24.0 Å². The van der Waals surface area contributed by atoms with E-state index in [-0.39, 0.29) is 23.0 Å². The van der Waals surface area contributed by atoms with Crippen LogP contribution in [-0.4, -0.2) is 57.3 Å². The average molecular weight is 472 g/mol. The van der Waals surface area contributed by atoms with E-state index in [9.17, 15) is 14.0 Å². The van der Waals surface area contributed by atoms with Crippen molar-refractivity contribution in [2.45, 2.75) is 38.9 Å².